The van der Waals surface area contributed by atoms with E-state index in [4.69, 9.17) is 14.6 Å². The largest absolute Gasteiger partial charge is 0.508 e. The van der Waals surface area contributed by atoms with Gasteiger partial charge in [0.2, 0.25) is 0 Å². The summed E-state index contributed by atoms with van der Waals surface area (Å²) < 4.78 is 39.7. The molecular weight excluding hydrogens is 472 g/mol. The number of aliphatic hydroxyl groups excluding tert-OH is 1. The summed E-state index contributed by atoms with van der Waals surface area (Å²) >= 11 is 0. The Morgan fingerprint density at radius 3 is 2.26 bits per heavy atom. The molecular formula is C24H24N4O6S. The van der Waals surface area contributed by atoms with Gasteiger partial charge in [-0.15, -0.1) is 0 Å². The van der Waals surface area contributed by atoms with Crippen LogP contribution in [0, 0.1) is 0 Å². The van der Waals surface area contributed by atoms with Crippen molar-refractivity contribution >= 4 is 38.4 Å². The Kier molecular flexibility index (Phi) is 7.18. The van der Waals surface area contributed by atoms with E-state index in [1.165, 1.54) is 31.4 Å². The molecule has 4 aromatic rings. The summed E-state index contributed by atoms with van der Waals surface area (Å²) in [6.45, 7) is 0.119. The van der Waals surface area contributed by atoms with Crippen LogP contribution in [0.4, 0.5) is 17.3 Å². The van der Waals surface area contributed by atoms with Gasteiger partial charge in [0.25, 0.3) is 10.0 Å². The molecule has 0 spiro atoms. The number of aromatic hydroxyl groups is 1. The predicted molar refractivity (Wildman–Crippen MR) is 132 cm³/mol. The molecule has 0 fully saturated rings. The minimum Gasteiger partial charge on any atom is -0.508 e. The second kappa shape index (κ2) is 10.5. The van der Waals surface area contributed by atoms with Gasteiger partial charge in [-0.1, -0.05) is 30.3 Å². The van der Waals surface area contributed by atoms with Gasteiger partial charge in [0.15, 0.2) is 23.1 Å². The number of aliphatic hydroxyl groups is 1. The van der Waals surface area contributed by atoms with E-state index < -0.39 is 10.0 Å². The third-order valence-corrected chi connectivity index (χ3v) is 6.27. The van der Waals surface area contributed by atoms with Crippen molar-refractivity contribution in [3.8, 4) is 17.2 Å². The van der Waals surface area contributed by atoms with Gasteiger partial charge < -0.3 is 25.0 Å². The number of benzene rings is 3. The van der Waals surface area contributed by atoms with Crippen LogP contribution in [-0.4, -0.2) is 48.9 Å². The topological polar surface area (TPSA) is 143 Å². The van der Waals surface area contributed by atoms with Crippen LogP contribution in [-0.2, 0) is 10.0 Å². The van der Waals surface area contributed by atoms with Gasteiger partial charge in [0.05, 0.1) is 35.3 Å². The fourth-order valence-electron chi connectivity index (χ4n) is 3.29. The normalized spacial score (nSPS) is 11.3. The molecule has 0 aliphatic heterocycles. The number of rotatable bonds is 10. The van der Waals surface area contributed by atoms with Gasteiger partial charge in [-0.25, -0.2) is 18.4 Å². The molecule has 0 amide bonds. The number of hydrogen-bond donors (Lipinski definition) is 4. The molecule has 0 bridgehead atoms. The highest BCUT2D eigenvalue weighted by atomic mass is 32.2. The highest BCUT2D eigenvalue weighted by Gasteiger charge is 2.21. The third-order valence-electron chi connectivity index (χ3n) is 4.92. The number of nitrogens with one attached hydrogen (secondary N) is 2. The Balaban J connectivity index is 1.80. The molecule has 1 heterocycles. The minimum absolute atomic E-state index is 0.0452. The van der Waals surface area contributed by atoms with E-state index in [1.807, 2.05) is 0 Å². The van der Waals surface area contributed by atoms with Crippen LogP contribution in [0.5, 0.6) is 17.2 Å². The second-order valence-corrected chi connectivity index (χ2v) is 9.09. The molecule has 11 heteroatoms. The molecule has 4 N–H and O–H groups in total. The van der Waals surface area contributed by atoms with Crippen molar-refractivity contribution in [3.05, 3.63) is 66.7 Å². The molecule has 10 nitrogen and oxygen atoms in total. The number of phenolic OH excluding ortho intramolecular Hbond substituents is 1. The van der Waals surface area contributed by atoms with E-state index in [2.05, 4.69) is 20.0 Å². The highest BCUT2D eigenvalue weighted by Crippen LogP contribution is 2.41. The highest BCUT2D eigenvalue weighted by molar-refractivity contribution is 7.92. The summed E-state index contributed by atoms with van der Waals surface area (Å²) in [6, 6.07) is 17.7. The van der Waals surface area contributed by atoms with Crippen LogP contribution >= 0.6 is 0 Å². The minimum atomic E-state index is -3.97. The van der Waals surface area contributed by atoms with Crippen molar-refractivity contribution in [3.63, 3.8) is 0 Å². The first-order chi connectivity index (χ1) is 16.9. The van der Waals surface area contributed by atoms with Gasteiger partial charge in [-0.2, -0.15) is 0 Å². The number of nitrogens with zero attached hydrogens (tertiary/aromatic N) is 2. The van der Waals surface area contributed by atoms with Gasteiger partial charge >= 0.3 is 0 Å². The van der Waals surface area contributed by atoms with Gasteiger partial charge in [-0.3, -0.25) is 4.72 Å². The predicted octanol–water partition coefficient (Wildman–Crippen LogP) is 3.65. The van der Waals surface area contributed by atoms with E-state index in [9.17, 15) is 13.5 Å². The first-order valence-corrected chi connectivity index (χ1v) is 12.2. The first kappa shape index (κ1) is 24.0. The van der Waals surface area contributed by atoms with Crippen molar-refractivity contribution in [2.45, 2.75) is 11.3 Å². The summed E-state index contributed by atoms with van der Waals surface area (Å²) in [5.74, 6) is 0.425. The molecule has 0 saturated carbocycles. The van der Waals surface area contributed by atoms with E-state index in [-0.39, 0.29) is 52.7 Å². The van der Waals surface area contributed by atoms with E-state index in [1.54, 1.807) is 42.5 Å². The van der Waals surface area contributed by atoms with Crippen LogP contribution in [0.15, 0.2) is 71.6 Å². The fraction of sp³-hybridized carbons (Fsp3) is 0.167. The monoisotopic (exact) mass is 496 g/mol. The lowest BCUT2D eigenvalue weighted by Gasteiger charge is -2.18. The number of ether oxygens (including phenoxy) is 2. The SMILES string of the molecule is COc1cc(O)cc(Nc2nc3ccccc3nc2NS(=O)(=O)c2ccccc2)c1OCCCO. The molecule has 0 unspecified atom stereocenters. The Hall–Kier alpha value is -4.09. The number of sulfonamides is 1. The van der Waals surface area contributed by atoms with Crippen molar-refractivity contribution < 1.29 is 28.1 Å². The van der Waals surface area contributed by atoms with Crippen molar-refractivity contribution in [2.75, 3.05) is 30.4 Å². The summed E-state index contributed by atoms with van der Waals surface area (Å²) in [6.07, 6.45) is 0.376. The summed E-state index contributed by atoms with van der Waals surface area (Å²) in [5, 5.41) is 22.3. The lowest BCUT2D eigenvalue weighted by molar-refractivity contribution is 0.228. The lowest BCUT2D eigenvalue weighted by atomic mass is 10.2. The number of methoxy groups -OCH3 is 1. The van der Waals surface area contributed by atoms with Crippen LogP contribution in [0.3, 0.4) is 0 Å². The molecule has 3 aromatic carbocycles. The Morgan fingerprint density at radius 1 is 0.943 bits per heavy atom. The Labute approximate surface area is 202 Å². The van der Waals surface area contributed by atoms with Gasteiger partial charge in [-0.05, 0) is 24.3 Å². The molecule has 0 atom stereocenters. The average molecular weight is 497 g/mol. The maximum atomic E-state index is 13.0. The molecule has 0 aliphatic carbocycles. The summed E-state index contributed by atoms with van der Waals surface area (Å²) in [5.41, 5.74) is 1.27. The summed E-state index contributed by atoms with van der Waals surface area (Å²) in [4.78, 5) is 9.08. The molecule has 0 saturated heterocycles. The number of aromatic nitrogens is 2. The molecule has 35 heavy (non-hydrogen) atoms. The number of fused-ring (bicyclic) bond motifs is 1. The lowest BCUT2D eigenvalue weighted by Crippen LogP contribution is -2.16. The van der Waals surface area contributed by atoms with Crippen LogP contribution in [0.25, 0.3) is 11.0 Å². The number of hydrogen-bond acceptors (Lipinski definition) is 9. The maximum Gasteiger partial charge on any atom is 0.263 e. The molecule has 0 aliphatic rings. The first-order valence-electron chi connectivity index (χ1n) is 10.7. The zero-order valence-electron chi connectivity index (χ0n) is 18.8. The van der Waals surface area contributed by atoms with Crippen molar-refractivity contribution in [1.82, 2.24) is 9.97 Å². The average Bonchev–Trinajstić information content (AvgIpc) is 2.85. The molecule has 182 valence electrons. The quantitative estimate of drug-likeness (QED) is 0.242. The number of anilines is 3. The smallest absolute Gasteiger partial charge is 0.263 e. The molecule has 0 radical (unpaired) electrons. The molecule has 4 rings (SSSR count). The zero-order chi connectivity index (χ0) is 24.8. The number of phenols is 1. The van der Waals surface area contributed by atoms with Crippen LogP contribution in [0.1, 0.15) is 6.42 Å². The fourth-order valence-corrected chi connectivity index (χ4v) is 4.32. The van der Waals surface area contributed by atoms with Gasteiger partial charge in [0, 0.05) is 25.2 Å². The molecule has 1 aromatic heterocycles. The van der Waals surface area contributed by atoms with E-state index >= 15 is 0 Å². The van der Waals surface area contributed by atoms with Gasteiger partial charge in [0.1, 0.15) is 5.75 Å². The number of para-hydroxylation sites is 2. The van der Waals surface area contributed by atoms with Crippen LogP contribution in [0.2, 0.25) is 0 Å². The Morgan fingerprint density at radius 2 is 1.60 bits per heavy atom. The van der Waals surface area contributed by atoms with Crippen molar-refractivity contribution in [1.29, 1.82) is 0 Å². The zero-order valence-corrected chi connectivity index (χ0v) is 19.6. The summed E-state index contributed by atoms with van der Waals surface area (Å²) in [7, 11) is -2.55. The van der Waals surface area contributed by atoms with Crippen LogP contribution < -0.4 is 19.5 Å². The Bertz CT molecular complexity index is 1430. The maximum absolute atomic E-state index is 13.0. The third kappa shape index (κ3) is 5.53. The van der Waals surface area contributed by atoms with E-state index in [0.717, 1.165) is 0 Å². The van der Waals surface area contributed by atoms with E-state index in [0.29, 0.717) is 17.5 Å². The van der Waals surface area contributed by atoms with Crippen molar-refractivity contribution in [2.24, 2.45) is 0 Å². The standard InChI is InChI=1S/C24H24N4O6S/c1-33-21-15-16(30)14-20(22(21)34-13-7-12-29)27-23-24(26-19-11-6-5-10-18(19)25-23)28-35(31,32)17-8-3-2-4-9-17/h2-6,8-11,14-15,29-30H,7,12-13H2,1H3,(H,25,27)(H,26,28). The second-order valence-electron chi connectivity index (χ2n) is 7.40.